The van der Waals surface area contributed by atoms with Crippen molar-refractivity contribution in [2.75, 3.05) is 0 Å². The Bertz CT molecular complexity index is 1170. The standard InChI is InChI=1S/C30H40O5/c1-15(2)19-23(33)27-12-9-18-25(4,5)10-8-11-28(18)14-29(27)20(16(3)17(31)13-27)21(32)22-26(6,7)34-24(19)30(22,29)35-28/h15,18,21-22,32H,8-14H2,1-7H3/t18?,21-,22?,27?,28?,29?,30?/m0/s1. The van der Waals surface area contributed by atoms with Gasteiger partial charge in [-0.2, -0.15) is 0 Å². The van der Waals surface area contributed by atoms with Gasteiger partial charge >= 0.3 is 0 Å². The van der Waals surface area contributed by atoms with Crippen LogP contribution in [0, 0.1) is 34.0 Å². The highest BCUT2D eigenvalue weighted by Gasteiger charge is 2.91. The number of aliphatic hydroxyl groups is 1. The minimum atomic E-state index is -0.882. The molecule has 3 spiro atoms. The lowest BCUT2D eigenvalue weighted by atomic mass is 9.43. The van der Waals surface area contributed by atoms with Crippen molar-refractivity contribution in [3.8, 4) is 0 Å². The molecule has 6 unspecified atom stereocenters. The average molecular weight is 481 g/mol. The SMILES string of the molecule is CC1=C2[C@H](O)C3C(C)(C)OC4=C(C(C)C)C(=O)C5(CCC6C(C)(C)CCCC67CC25C43O7)CC1=O. The maximum Gasteiger partial charge on any atom is 0.170 e. The summed E-state index contributed by atoms with van der Waals surface area (Å²) >= 11 is 0. The lowest BCUT2D eigenvalue weighted by molar-refractivity contribution is -0.206. The van der Waals surface area contributed by atoms with Crippen LogP contribution in [0.15, 0.2) is 22.5 Å². The molecule has 190 valence electrons. The van der Waals surface area contributed by atoms with Crippen molar-refractivity contribution in [2.24, 2.45) is 34.0 Å². The zero-order valence-electron chi connectivity index (χ0n) is 22.3. The largest absolute Gasteiger partial charge is 0.488 e. The van der Waals surface area contributed by atoms with Gasteiger partial charge in [-0.3, -0.25) is 9.59 Å². The Balaban J connectivity index is 1.67. The summed E-state index contributed by atoms with van der Waals surface area (Å²) in [7, 11) is 0. The van der Waals surface area contributed by atoms with Crippen molar-refractivity contribution >= 4 is 11.6 Å². The molecule has 5 fully saturated rings. The number of allylic oxidation sites excluding steroid dienone is 2. The quantitative estimate of drug-likeness (QED) is 0.568. The number of carbonyl (C=O) groups excluding carboxylic acids is 2. The van der Waals surface area contributed by atoms with E-state index in [1.807, 2.05) is 20.8 Å². The number of hydrogen-bond acceptors (Lipinski definition) is 5. The first-order chi connectivity index (χ1) is 16.2. The highest BCUT2D eigenvalue weighted by Crippen LogP contribution is 2.85. The van der Waals surface area contributed by atoms with Crippen LogP contribution in [0.4, 0.5) is 0 Å². The molecule has 0 aromatic heterocycles. The fraction of sp³-hybridized carbons (Fsp3) is 0.800. The summed E-state index contributed by atoms with van der Waals surface area (Å²) in [6.45, 7) is 14.8. The van der Waals surface area contributed by atoms with Gasteiger partial charge in [0.2, 0.25) is 0 Å². The van der Waals surface area contributed by atoms with Crippen LogP contribution in [0.3, 0.4) is 0 Å². The molecular formula is C30H40O5. The van der Waals surface area contributed by atoms with E-state index < -0.39 is 28.1 Å². The second kappa shape index (κ2) is 5.99. The molecule has 7 rings (SSSR count). The summed E-state index contributed by atoms with van der Waals surface area (Å²) in [5.41, 5.74) is -1.23. The minimum Gasteiger partial charge on any atom is -0.488 e. The lowest BCUT2D eigenvalue weighted by Crippen LogP contribution is -2.65. The van der Waals surface area contributed by atoms with Gasteiger partial charge in [-0.05, 0) is 81.3 Å². The van der Waals surface area contributed by atoms with Gasteiger partial charge in [0.05, 0.1) is 23.0 Å². The van der Waals surface area contributed by atoms with Gasteiger partial charge in [-0.15, -0.1) is 0 Å². The molecule has 5 heteroatoms. The Morgan fingerprint density at radius 2 is 1.77 bits per heavy atom. The second-order valence-corrected chi connectivity index (χ2v) is 14.5. The molecule has 3 saturated carbocycles. The van der Waals surface area contributed by atoms with Gasteiger partial charge in [0.15, 0.2) is 11.6 Å². The van der Waals surface area contributed by atoms with E-state index in [0.29, 0.717) is 29.2 Å². The van der Waals surface area contributed by atoms with Crippen LogP contribution >= 0.6 is 0 Å². The predicted octanol–water partition coefficient (Wildman–Crippen LogP) is 5.06. The molecular weight excluding hydrogens is 440 g/mol. The summed E-state index contributed by atoms with van der Waals surface area (Å²) in [6.07, 6.45) is 4.92. The fourth-order valence-electron chi connectivity index (χ4n) is 11.1. The molecule has 0 radical (unpaired) electrons. The maximum atomic E-state index is 14.9. The molecule has 0 aromatic rings. The van der Waals surface area contributed by atoms with Crippen LogP contribution in [-0.4, -0.2) is 39.6 Å². The molecule has 2 heterocycles. The fourth-order valence-corrected chi connectivity index (χ4v) is 11.1. The van der Waals surface area contributed by atoms with Gasteiger partial charge < -0.3 is 14.6 Å². The first-order valence-electron chi connectivity index (χ1n) is 13.8. The third-order valence-electron chi connectivity index (χ3n) is 12.0. The Morgan fingerprint density at radius 3 is 2.46 bits per heavy atom. The number of ether oxygens (including phenoxy) is 2. The number of Topliss-reactive ketones (excluding diaryl/α,β-unsaturated/α-hetero) is 2. The highest BCUT2D eigenvalue weighted by molar-refractivity contribution is 6.10. The molecule has 7 aliphatic rings. The molecule has 2 aliphatic heterocycles. The minimum absolute atomic E-state index is 0.0310. The van der Waals surface area contributed by atoms with Crippen LogP contribution in [-0.2, 0) is 19.1 Å². The van der Waals surface area contributed by atoms with Crippen molar-refractivity contribution in [3.63, 3.8) is 0 Å². The van der Waals surface area contributed by atoms with E-state index in [2.05, 4.69) is 27.7 Å². The molecule has 5 nitrogen and oxygen atoms in total. The van der Waals surface area contributed by atoms with E-state index in [1.165, 1.54) is 0 Å². The Kier molecular flexibility index (Phi) is 3.88. The first kappa shape index (κ1) is 22.7. The topological polar surface area (TPSA) is 72.8 Å². The Morgan fingerprint density at radius 1 is 1.06 bits per heavy atom. The Hall–Kier alpha value is -1.46. The van der Waals surface area contributed by atoms with Crippen LogP contribution in [0.25, 0.3) is 0 Å². The molecule has 7 atom stereocenters. The summed E-state index contributed by atoms with van der Waals surface area (Å²) in [5.74, 6) is 0.749. The third-order valence-corrected chi connectivity index (χ3v) is 12.0. The monoisotopic (exact) mass is 480 g/mol. The third kappa shape index (κ3) is 2.02. The normalized spacial score (nSPS) is 50.4. The van der Waals surface area contributed by atoms with E-state index in [9.17, 15) is 14.7 Å². The van der Waals surface area contributed by atoms with Crippen molar-refractivity contribution in [1.82, 2.24) is 0 Å². The number of hydrogen-bond donors (Lipinski definition) is 1. The van der Waals surface area contributed by atoms with Crippen LogP contribution < -0.4 is 0 Å². The molecule has 35 heavy (non-hydrogen) atoms. The average Bonchev–Trinajstić information content (AvgIpc) is 3.17. The number of rotatable bonds is 1. The molecule has 0 aromatic carbocycles. The van der Waals surface area contributed by atoms with E-state index in [4.69, 9.17) is 9.47 Å². The van der Waals surface area contributed by atoms with Gasteiger partial charge in [-0.1, -0.05) is 34.1 Å². The smallest absolute Gasteiger partial charge is 0.170 e. The summed E-state index contributed by atoms with van der Waals surface area (Å²) in [5, 5.41) is 12.1. The van der Waals surface area contributed by atoms with Crippen LogP contribution in [0.1, 0.15) is 93.4 Å². The highest BCUT2D eigenvalue weighted by atomic mass is 16.6. The van der Waals surface area contributed by atoms with E-state index >= 15 is 0 Å². The zero-order valence-corrected chi connectivity index (χ0v) is 22.3. The van der Waals surface area contributed by atoms with Crippen molar-refractivity contribution in [2.45, 2.75) is 116 Å². The van der Waals surface area contributed by atoms with Gasteiger partial charge in [-0.25, -0.2) is 0 Å². The van der Waals surface area contributed by atoms with Gasteiger partial charge in [0.1, 0.15) is 17.0 Å². The molecule has 0 amide bonds. The van der Waals surface area contributed by atoms with Crippen molar-refractivity contribution < 1.29 is 24.2 Å². The van der Waals surface area contributed by atoms with Gasteiger partial charge in [0.25, 0.3) is 0 Å². The lowest BCUT2D eigenvalue weighted by Gasteiger charge is -2.58. The summed E-state index contributed by atoms with van der Waals surface area (Å²) in [6, 6.07) is 0. The number of ketones is 2. The molecule has 1 N–H and O–H groups in total. The van der Waals surface area contributed by atoms with Crippen molar-refractivity contribution in [3.05, 3.63) is 22.5 Å². The number of aliphatic hydroxyl groups excluding tert-OH is 1. The van der Waals surface area contributed by atoms with Crippen LogP contribution in [0.5, 0.6) is 0 Å². The predicted molar refractivity (Wildman–Crippen MR) is 130 cm³/mol. The first-order valence-corrected chi connectivity index (χ1v) is 13.8. The Labute approximate surface area is 208 Å². The zero-order chi connectivity index (χ0) is 25.1. The van der Waals surface area contributed by atoms with Gasteiger partial charge in [0, 0.05) is 17.4 Å². The maximum absolute atomic E-state index is 14.9. The van der Waals surface area contributed by atoms with E-state index in [1.54, 1.807) is 0 Å². The molecule has 5 aliphatic carbocycles. The van der Waals surface area contributed by atoms with Crippen LogP contribution in [0.2, 0.25) is 0 Å². The summed E-state index contributed by atoms with van der Waals surface area (Å²) in [4.78, 5) is 28.5. The summed E-state index contributed by atoms with van der Waals surface area (Å²) < 4.78 is 14.4. The van der Waals surface area contributed by atoms with E-state index in [0.717, 1.165) is 37.7 Å². The number of carbonyl (C=O) groups is 2. The van der Waals surface area contributed by atoms with Crippen molar-refractivity contribution in [1.29, 1.82) is 0 Å². The van der Waals surface area contributed by atoms with E-state index in [-0.39, 0.29) is 40.8 Å². The molecule has 2 bridgehead atoms. The molecule has 2 saturated heterocycles. The second-order valence-electron chi connectivity index (χ2n) is 14.5.